The first-order valence-electron chi connectivity index (χ1n) is 6.59. The molecular formula is C16H13FN2O2. The summed E-state index contributed by atoms with van der Waals surface area (Å²) in [5.41, 5.74) is 2.53. The first-order chi connectivity index (χ1) is 10.2. The third-order valence-corrected chi connectivity index (χ3v) is 3.19. The molecule has 1 amide bonds. The number of hydrogen-bond donors (Lipinski definition) is 1. The maximum Gasteiger partial charge on any atom is 0.224 e. The summed E-state index contributed by atoms with van der Waals surface area (Å²) in [5.74, 6) is -0.453. The molecule has 0 saturated carbocycles. The number of fused-ring (bicyclic) bond motifs is 1. The van der Waals surface area contributed by atoms with E-state index in [4.69, 9.17) is 4.42 Å². The van der Waals surface area contributed by atoms with Crippen LogP contribution in [0.5, 0.6) is 0 Å². The molecule has 21 heavy (non-hydrogen) atoms. The second kappa shape index (κ2) is 5.75. The molecule has 3 aromatic rings. The fraction of sp³-hybridized carbons (Fsp3) is 0.125. The van der Waals surface area contributed by atoms with Crippen LogP contribution in [0.15, 0.2) is 53.3 Å². The molecule has 0 radical (unpaired) electrons. The highest BCUT2D eigenvalue weighted by Crippen LogP contribution is 2.18. The Balaban J connectivity index is 1.62. The van der Waals surface area contributed by atoms with E-state index < -0.39 is 0 Å². The van der Waals surface area contributed by atoms with E-state index >= 15 is 0 Å². The summed E-state index contributed by atoms with van der Waals surface area (Å²) in [5, 5.41) is 2.76. The predicted octanol–water partition coefficient (Wildman–Crippen LogP) is 3.54. The van der Waals surface area contributed by atoms with Gasteiger partial charge in [-0.2, -0.15) is 0 Å². The Bertz CT molecular complexity index is 783. The van der Waals surface area contributed by atoms with E-state index in [1.54, 1.807) is 36.4 Å². The monoisotopic (exact) mass is 284 g/mol. The van der Waals surface area contributed by atoms with Crippen LogP contribution in [0.2, 0.25) is 0 Å². The molecule has 1 aromatic heterocycles. The second-order valence-electron chi connectivity index (χ2n) is 4.67. The van der Waals surface area contributed by atoms with E-state index in [0.717, 1.165) is 5.52 Å². The van der Waals surface area contributed by atoms with Crippen LogP contribution in [-0.4, -0.2) is 10.9 Å². The molecule has 3 rings (SSSR count). The number of benzene rings is 2. The lowest BCUT2D eigenvalue weighted by Gasteiger charge is -2.05. The number of anilines is 1. The molecule has 0 aliphatic carbocycles. The Morgan fingerprint density at radius 2 is 2.10 bits per heavy atom. The van der Waals surface area contributed by atoms with E-state index in [0.29, 0.717) is 23.3 Å². The number of nitrogens with zero attached hydrogens (tertiary/aromatic N) is 1. The van der Waals surface area contributed by atoms with Crippen molar-refractivity contribution in [3.63, 3.8) is 0 Å². The van der Waals surface area contributed by atoms with Crippen LogP contribution in [0, 0.1) is 5.82 Å². The molecule has 1 N–H and O–H groups in total. The SMILES string of the molecule is O=C(CCc1ccccc1F)Nc1ccc2ncoc2c1. The van der Waals surface area contributed by atoms with Gasteiger partial charge in [0, 0.05) is 18.2 Å². The summed E-state index contributed by atoms with van der Waals surface area (Å²) in [7, 11) is 0. The minimum atomic E-state index is -0.284. The molecule has 0 atom stereocenters. The zero-order valence-corrected chi connectivity index (χ0v) is 11.2. The Hall–Kier alpha value is -2.69. The quantitative estimate of drug-likeness (QED) is 0.797. The van der Waals surface area contributed by atoms with E-state index in [-0.39, 0.29) is 18.1 Å². The lowest BCUT2D eigenvalue weighted by atomic mass is 10.1. The summed E-state index contributed by atoms with van der Waals surface area (Å²) >= 11 is 0. The van der Waals surface area contributed by atoms with Gasteiger partial charge in [-0.25, -0.2) is 9.37 Å². The third kappa shape index (κ3) is 3.08. The smallest absolute Gasteiger partial charge is 0.224 e. The van der Waals surface area contributed by atoms with Gasteiger partial charge in [0.05, 0.1) is 0 Å². The third-order valence-electron chi connectivity index (χ3n) is 3.19. The van der Waals surface area contributed by atoms with E-state index in [2.05, 4.69) is 10.3 Å². The summed E-state index contributed by atoms with van der Waals surface area (Å²) < 4.78 is 18.6. The highest BCUT2D eigenvalue weighted by molar-refractivity contribution is 5.92. The van der Waals surface area contributed by atoms with Gasteiger partial charge >= 0.3 is 0 Å². The van der Waals surface area contributed by atoms with Crippen molar-refractivity contribution in [1.29, 1.82) is 0 Å². The van der Waals surface area contributed by atoms with Crippen molar-refractivity contribution in [2.45, 2.75) is 12.8 Å². The summed E-state index contributed by atoms with van der Waals surface area (Å²) in [6.07, 6.45) is 1.94. The summed E-state index contributed by atoms with van der Waals surface area (Å²) in [6, 6.07) is 11.7. The molecule has 0 aliphatic heterocycles. The Labute approximate surface area is 120 Å². The van der Waals surface area contributed by atoms with E-state index in [1.165, 1.54) is 12.5 Å². The van der Waals surface area contributed by atoms with E-state index in [9.17, 15) is 9.18 Å². The van der Waals surface area contributed by atoms with Crippen LogP contribution in [-0.2, 0) is 11.2 Å². The fourth-order valence-corrected chi connectivity index (χ4v) is 2.11. The number of amides is 1. The molecule has 2 aromatic carbocycles. The average molecular weight is 284 g/mol. The maximum atomic E-state index is 13.5. The highest BCUT2D eigenvalue weighted by atomic mass is 19.1. The molecule has 0 fully saturated rings. The zero-order valence-electron chi connectivity index (χ0n) is 11.2. The number of nitrogens with one attached hydrogen (secondary N) is 1. The van der Waals surface area contributed by atoms with Crippen molar-refractivity contribution < 1.29 is 13.6 Å². The standard InChI is InChI=1S/C16H13FN2O2/c17-13-4-2-1-3-11(13)5-8-16(20)19-12-6-7-14-15(9-12)21-10-18-14/h1-4,6-7,9-10H,5,8H2,(H,19,20). The number of halogens is 1. The van der Waals surface area contributed by atoms with Gasteiger partial charge in [0.25, 0.3) is 0 Å². The number of carbonyl (C=O) groups excluding carboxylic acids is 1. The normalized spacial score (nSPS) is 10.7. The van der Waals surface area contributed by atoms with Gasteiger partial charge in [0.1, 0.15) is 11.3 Å². The first kappa shape index (κ1) is 13.3. The molecule has 0 bridgehead atoms. The number of oxazole rings is 1. The molecule has 1 heterocycles. The number of rotatable bonds is 4. The minimum Gasteiger partial charge on any atom is -0.443 e. The Morgan fingerprint density at radius 3 is 2.95 bits per heavy atom. The van der Waals surface area contributed by atoms with Crippen LogP contribution in [0.1, 0.15) is 12.0 Å². The largest absolute Gasteiger partial charge is 0.443 e. The molecule has 5 heteroatoms. The van der Waals surface area contributed by atoms with Gasteiger partial charge in [-0.3, -0.25) is 4.79 Å². The lowest BCUT2D eigenvalue weighted by Crippen LogP contribution is -2.12. The highest BCUT2D eigenvalue weighted by Gasteiger charge is 2.07. The fourth-order valence-electron chi connectivity index (χ4n) is 2.11. The topological polar surface area (TPSA) is 55.1 Å². The van der Waals surface area contributed by atoms with Gasteiger partial charge in [0.2, 0.25) is 5.91 Å². The van der Waals surface area contributed by atoms with Crippen LogP contribution in [0.4, 0.5) is 10.1 Å². The maximum absolute atomic E-state index is 13.5. The Morgan fingerprint density at radius 1 is 1.24 bits per heavy atom. The van der Waals surface area contributed by atoms with E-state index in [1.807, 2.05) is 0 Å². The van der Waals surface area contributed by atoms with Gasteiger partial charge < -0.3 is 9.73 Å². The molecule has 106 valence electrons. The Kier molecular flexibility index (Phi) is 3.64. The second-order valence-corrected chi connectivity index (χ2v) is 4.67. The number of carbonyl (C=O) groups is 1. The predicted molar refractivity (Wildman–Crippen MR) is 77.4 cm³/mol. The lowest BCUT2D eigenvalue weighted by molar-refractivity contribution is -0.116. The molecule has 0 saturated heterocycles. The minimum absolute atomic E-state index is 0.169. The van der Waals surface area contributed by atoms with Crippen LogP contribution in [0.3, 0.4) is 0 Å². The molecule has 0 aliphatic rings. The molecule has 0 unspecified atom stereocenters. The van der Waals surface area contributed by atoms with Crippen molar-refractivity contribution in [1.82, 2.24) is 4.98 Å². The van der Waals surface area contributed by atoms with Crippen molar-refractivity contribution in [2.24, 2.45) is 0 Å². The molecular weight excluding hydrogens is 271 g/mol. The van der Waals surface area contributed by atoms with Crippen LogP contribution >= 0.6 is 0 Å². The van der Waals surface area contributed by atoms with Crippen molar-refractivity contribution >= 4 is 22.7 Å². The summed E-state index contributed by atoms with van der Waals surface area (Å²) in [6.45, 7) is 0. The van der Waals surface area contributed by atoms with Gasteiger partial charge in [-0.15, -0.1) is 0 Å². The number of aromatic nitrogens is 1. The average Bonchev–Trinajstić information content (AvgIpc) is 2.94. The van der Waals surface area contributed by atoms with Crippen molar-refractivity contribution in [3.8, 4) is 0 Å². The molecule has 4 nitrogen and oxygen atoms in total. The van der Waals surface area contributed by atoms with Crippen molar-refractivity contribution in [2.75, 3.05) is 5.32 Å². The van der Waals surface area contributed by atoms with Crippen LogP contribution in [0.25, 0.3) is 11.1 Å². The number of aryl methyl sites for hydroxylation is 1. The van der Waals surface area contributed by atoms with Gasteiger partial charge in [0.15, 0.2) is 12.0 Å². The molecule has 0 spiro atoms. The van der Waals surface area contributed by atoms with Gasteiger partial charge in [-0.1, -0.05) is 18.2 Å². The van der Waals surface area contributed by atoms with Gasteiger partial charge in [-0.05, 0) is 30.2 Å². The number of hydrogen-bond acceptors (Lipinski definition) is 3. The first-order valence-corrected chi connectivity index (χ1v) is 6.59. The van der Waals surface area contributed by atoms with Crippen LogP contribution < -0.4 is 5.32 Å². The summed E-state index contributed by atoms with van der Waals surface area (Å²) in [4.78, 5) is 15.9. The zero-order chi connectivity index (χ0) is 14.7. The van der Waals surface area contributed by atoms with Crippen molar-refractivity contribution in [3.05, 3.63) is 60.2 Å².